The average Bonchev–Trinajstić information content (AvgIpc) is 3.77. The standard InChI is InChI=1S/C57H42N2/c1-57(2)52-29-16-15-26-48(52)49-35-34-45(38-53(49)57)58(42-22-11-5-12-23-42)44-32-30-39(31-33-44)46-27-17-28-50-47(46)36-37-51-54(40-18-7-3-8-19-40)55(41-20-9-4-10-21-41)59(56(50)51)43-24-13-6-14-25-43/h3-38H,1-2H3. The van der Waals surface area contributed by atoms with Crippen LogP contribution in [0.1, 0.15) is 25.0 Å². The smallest absolute Gasteiger partial charge is 0.0620 e. The van der Waals surface area contributed by atoms with Gasteiger partial charge in [0, 0.05) is 44.5 Å². The molecule has 0 bridgehead atoms. The van der Waals surface area contributed by atoms with Gasteiger partial charge >= 0.3 is 0 Å². The summed E-state index contributed by atoms with van der Waals surface area (Å²) in [6.07, 6.45) is 0. The highest BCUT2D eigenvalue weighted by atomic mass is 15.1. The molecule has 0 atom stereocenters. The quantitative estimate of drug-likeness (QED) is 0.157. The number of para-hydroxylation sites is 2. The van der Waals surface area contributed by atoms with Crippen LogP contribution < -0.4 is 4.90 Å². The minimum absolute atomic E-state index is 0.0853. The van der Waals surface area contributed by atoms with Crippen molar-refractivity contribution in [2.24, 2.45) is 0 Å². The van der Waals surface area contributed by atoms with E-state index < -0.39 is 0 Å². The van der Waals surface area contributed by atoms with Gasteiger partial charge in [0.15, 0.2) is 0 Å². The molecule has 0 amide bonds. The fraction of sp³-hybridized carbons (Fsp3) is 0.0526. The Morgan fingerprint density at radius 2 is 0.932 bits per heavy atom. The lowest BCUT2D eigenvalue weighted by Crippen LogP contribution is -2.16. The third-order valence-corrected chi connectivity index (χ3v) is 12.4. The Morgan fingerprint density at radius 3 is 1.66 bits per heavy atom. The van der Waals surface area contributed by atoms with Gasteiger partial charge in [0.05, 0.1) is 11.2 Å². The highest BCUT2D eigenvalue weighted by Gasteiger charge is 2.35. The molecule has 1 aromatic heterocycles. The van der Waals surface area contributed by atoms with E-state index in [0.717, 1.165) is 22.7 Å². The maximum Gasteiger partial charge on any atom is 0.0620 e. The SMILES string of the molecule is CC1(C)c2ccccc2-c2ccc(N(c3ccccc3)c3ccc(-c4cccc5c4ccc4c(-c6ccccc6)c(-c6ccccc6)n(-c6ccccc6)c45)cc3)cc21. The fourth-order valence-electron chi connectivity index (χ4n) is 9.63. The molecule has 0 unspecified atom stereocenters. The van der Waals surface area contributed by atoms with Gasteiger partial charge in [-0.3, -0.25) is 0 Å². The maximum atomic E-state index is 2.48. The van der Waals surface area contributed by atoms with Gasteiger partial charge in [0.1, 0.15) is 0 Å². The summed E-state index contributed by atoms with van der Waals surface area (Å²) in [6.45, 7) is 4.70. The minimum atomic E-state index is -0.0853. The Hall–Kier alpha value is -7.42. The van der Waals surface area contributed by atoms with Gasteiger partial charge in [-0.05, 0) is 98.4 Å². The first-order chi connectivity index (χ1) is 29.1. The van der Waals surface area contributed by atoms with E-state index >= 15 is 0 Å². The Labute approximate surface area is 345 Å². The molecule has 9 aromatic carbocycles. The second-order valence-corrected chi connectivity index (χ2v) is 16.1. The summed E-state index contributed by atoms with van der Waals surface area (Å²) in [7, 11) is 0. The van der Waals surface area contributed by atoms with Crippen LogP contribution in [0.2, 0.25) is 0 Å². The van der Waals surface area contributed by atoms with Gasteiger partial charge in [-0.2, -0.15) is 0 Å². The molecule has 0 aliphatic heterocycles. The molecule has 0 radical (unpaired) electrons. The normalized spacial score (nSPS) is 12.7. The van der Waals surface area contributed by atoms with Crippen LogP contribution in [-0.4, -0.2) is 4.57 Å². The van der Waals surface area contributed by atoms with Crippen molar-refractivity contribution < 1.29 is 0 Å². The van der Waals surface area contributed by atoms with Crippen molar-refractivity contribution in [2.75, 3.05) is 4.90 Å². The highest BCUT2D eigenvalue weighted by Crippen LogP contribution is 2.51. The summed E-state index contributed by atoms with van der Waals surface area (Å²) in [6, 6.07) is 79.7. The van der Waals surface area contributed by atoms with Crippen LogP contribution in [0.5, 0.6) is 0 Å². The molecule has 59 heavy (non-hydrogen) atoms. The molecule has 2 heteroatoms. The molecule has 1 heterocycles. The molecule has 280 valence electrons. The van der Waals surface area contributed by atoms with Gasteiger partial charge in [0.2, 0.25) is 0 Å². The lowest BCUT2D eigenvalue weighted by Gasteiger charge is -2.28. The molecule has 0 fully saturated rings. The summed E-state index contributed by atoms with van der Waals surface area (Å²) in [5.74, 6) is 0. The van der Waals surface area contributed by atoms with Crippen molar-refractivity contribution in [3.63, 3.8) is 0 Å². The largest absolute Gasteiger partial charge is 0.310 e. The van der Waals surface area contributed by atoms with Crippen LogP contribution >= 0.6 is 0 Å². The topological polar surface area (TPSA) is 8.17 Å². The lowest BCUT2D eigenvalue weighted by atomic mass is 9.82. The van der Waals surface area contributed by atoms with Crippen LogP contribution in [0.3, 0.4) is 0 Å². The Balaban J connectivity index is 1.08. The first-order valence-corrected chi connectivity index (χ1v) is 20.5. The van der Waals surface area contributed by atoms with Crippen molar-refractivity contribution in [2.45, 2.75) is 19.3 Å². The first-order valence-electron chi connectivity index (χ1n) is 20.5. The van der Waals surface area contributed by atoms with Crippen LogP contribution in [0.25, 0.3) is 72.0 Å². The first kappa shape index (κ1) is 34.8. The van der Waals surface area contributed by atoms with Crippen LogP contribution in [0.15, 0.2) is 218 Å². The number of nitrogens with zero attached hydrogens (tertiary/aromatic N) is 2. The summed E-state index contributed by atoms with van der Waals surface area (Å²) in [5.41, 5.74) is 18.3. The van der Waals surface area contributed by atoms with Crippen LogP contribution in [0.4, 0.5) is 17.1 Å². The van der Waals surface area contributed by atoms with Crippen molar-refractivity contribution in [3.05, 3.63) is 230 Å². The number of anilines is 3. The molecule has 0 saturated heterocycles. The Morgan fingerprint density at radius 1 is 0.373 bits per heavy atom. The molecule has 11 rings (SSSR count). The van der Waals surface area contributed by atoms with Gasteiger partial charge in [0.25, 0.3) is 0 Å². The highest BCUT2D eigenvalue weighted by molar-refractivity contribution is 6.18. The zero-order chi connectivity index (χ0) is 39.5. The molecule has 1 aliphatic carbocycles. The summed E-state index contributed by atoms with van der Waals surface area (Å²) in [5, 5.41) is 3.68. The minimum Gasteiger partial charge on any atom is -0.310 e. The summed E-state index contributed by atoms with van der Waals surface area (Å²) < 4.78 is 2.48. The molecule has 0 spiro atoms. The van der Waals surface area contributed by atoms with Crippen molar-refractivity contribution in [1.82, 2.24) is 4.57 Å². The molecular weight excluding hydrogens is 713 g/mol. The zero-order valence-electron chi connectivity index (χ0n) is 33.2. The predicted molar refractivity (Wildman–Crippen MR) is 249 cm³/mol. The second kappa shape index (κ2) is 13.9. The van der Waals surface area contributed by atoms with E-state index in [2.05, 4.69) is 242 Å². The van der Waals surface area contributed by atoms with E-state index in [0.29, 0.717) is 0 Å². The predicted octanol–water partition coefficient (Wildman–Crippen LogP) is 15.6. The number of aromatic nitrogens is 1. The average molecular weight is 755 g/mol. The van der Waals surface area contributed by atoms with Gasteiger partial charge in [-0.1, -0.05) is 184 Å². The third-order valence-electron chi connectivity index (χ3n) is 12.4. The molecule has 10 aromatic rings. The molecular formula is C57H42N2. The Kier molecular flexibility index (Phi) is 8.20. The Bertz CT molecular complexity index is 3140. The number of hydrogen-bond acceptors (Lipinski definition) is 1. The molecule has 1 aliphatic rings. The van der Waals surface area contributed by atoms with E-state index in [1.54, 1.807) is 0 Å². The van der Waals surface area contributed by atoms with Crippen molar-refractivity contribution >= 4 is 38.7 Å². The molecule has 0 saturated carbocycles. The van der Waals surface area contributed by atoms with E-state index in [9.17, 15) is 0 Å². The van der Waals surface area contributed by atoms with E-state index in [1.807, 2.05) is 0 Å². The number of fused-ring (bicyclic) bond motifs is 6. The second-order valence-electron chi connectivity index (χ2n) is 16.1. The van der Waals surface area contributed by atoms with Crippen LogP contribution in [0, 0.1) is 0 Å². The monoisotopic (exact) mass is 754 g/mol. The van der Waals surface area contributed by atoms with Gasteiger partial charge < -0.3 is 9.47 Å². The number of rotatable bonds is 7. The number of benzene rings is 9. The fourth-order valence-corrected chi connectivity index (χ4v) is 9.63. The van der Waals surface area contributed by atoms with Gasteiger partial charge in [-0.25, -0.2) is 0 Å². The summed E-state index contributed by atoms with van der Waals surface area (Å²) in [4.78, 5) is 2.39. The van der Waals surface area contributed by atoms with E-state index in [4.69, 9.17) is 0 Å². The maximum absolute atomic E-state index is 2.48. The lowest BCUT2D eigenvalue weighted by molar-refractivity contribution is 0.660. The van der Waals surface area contributed by atoms with Crippen molar-refractivity contribution in [3.8, 4) is 50.3 Å². The molecule has 0 N–H and O–H groups in total. The van der Waals surface area contributed by atoms with E-state index in [-0.39, 0.29) is 5.41 Å². The third kappa shape index (κ3) is 5.63. The number of hydrogen-bond donors (Lipinski definition) is 0. The van der Waals surface area contributed by atoms with Crippen LogP contribution in [-0.2, 0) is 5.41 Å². The molecule has 2 nitrogen and oxygen atoms in total. The summed E-state index contributed by atoms with van der Waals surface area (Å²) >= 11 is 0. The van der Waals surface area contributed by atoms with Crippen molar-refractivity contribution in [1.29, 1.82) is 0 Å². The van der Waals surface area contributed by atoms with Gasteiger partial charge in [-0.15, -0.1) is 0 Å². The van der Waals surface area contributed by atoms with E-state index in [1.165, 1.54) is 77.4 Å². The zero-order valence-corrected chi connectivity index (χ0v) is 33.2.